The van der Waals surface area contributed by atoms with Crippen LogP contribution in [0.25, 0.3) is 28.3 Å². The predicted octanol–water partition coefficient (Wildman–Crippen LogP) is 10.2. The van der Waals surface area contributed by atoms with Crippen LogP contribution in [0.2, 0.25) is 0 Å². The SMILES string of the molecule is CCCc1ccc(-c2ccc(/C=C/C(F)(F)Oc3ccc(-c4cc(F)c(C(F)(F)F)c(F)c4)c(F)c3)c(F)c2)cc1. The molecule has 4 aromatic rings. The molecule has 0 amide bonds. The van der Waals surface area contributed by atoms with Gasteiger partial charge in [0.2, 0.25) is 0 Å². The zero-order valence-corrected chi connectivity index (χ0v) is 21.3. The molecule has 0 saturated heterocycles. The zero-order valence-electron chi connectivity index (χ0n) is 21.3. The van der Waals surface area contributed by atoms with Gasteiger partial charge >= 0.3 is 12.3 Å². The summed E-state index contributed by atoms with van der Waals surface area (Å²) in [6.45, 7) is 2.05. The Balaban J connectivity index is 1.49. The van der Waals surface area contributed by atoms with Gasteiger partial charge in [0, 0.05) is 23.3 Å². The summed E-state index contributed by atoms with van der Waals surface area (Å²) in [6.07, 6.45) is -6.40. The van der Waals surface area contributed by atoms with Gasteiger partial charge in [-0.3, -0.25) is 0 Å². The van der Waals surface area contributed by atoms with Crippen LogP contribution in [0.5, 0.6) is 5.75 Å². The topological polar surface area (TPSA) is 9.23 Å². The Bertz CT molecular complexity index is 1550. The molecule has 0 radical (unpaired) electrons. The van der Waals surface area contributed by atoms with Crippen molar-refractivity contribution in [2.45, 2.75) is 32.1 Å². The van der Waals surface area contributed by atoms with E-state index in [0.717, 1.165) is 42.2 Å². The lowest BCUT2D eigenvalue weighted by Crippen LogP contribution is -2.21. The van der Waals surface area contributed by atoms with Crippen molar-refractivity contribution in [1.82, 2.24) is 0 Å². The smallest absolute Gasteiger partial charge is 0.422 e. The van der Waals surface area contributed by atoms with E-state index in [-0.39, 0.29) is 23.8 Å². The molecule has 0 saturated carbocycles. The number of halogens is 9. The predicted molar refractivity (Wildman–Crippen MR) is 137 cm³/mol. The van der Waals surface area contributed by atoms with Crippen LogP contribution in [0.1, 0.15) is 30.0 Å². The molecular weight excluding hydrogens is 559 g/mol. The Morgan fingerprint density at radius 2 is 1.27 bits per heavy atom. The highest BCUT2D eigenvalue weighted by Gasteiger charge is 2.38. The van der Waals surface area contributed by atoms with Crippen molar-refractivity contribution in [3.63, 3.8) is 0 Å². The fraction of sp³-hybridized carbons (Fsp3) is 0.161. The number of aryl methyl sites for hydroxylation is 1. The van der Waals surface area contributed by atoms with E-state index >= 15 is 0 Å². The van der Waals surface area contributed by atoms with E-state index in [4.69, 9.17) is 0 Å². The second-order valence-electron chi connectivity index (χ2n) is 9.13. The maximum Gasteiger partial charge on any atom is 0.422 e. The van der Waals surface area contributed by atoms with Gasteiger partial charge in [-0.25, -0.2) is 17.6 Å². The van der Waals surface area contributed by atoms with Gasteiger partial charge in [-0.05, 0) is 65.1 Å². The maximum absolute atomic E-state index is 14.6. The summed E-state index contributed by atoms with van der Waals surface area (Å²) >= 11 is 0. The number of ether oxygens (including phenoxy) is 1. The number of benzene rings is 4. The lowest BCUT2D eigenvalue weighted by Gasteiger charge is -2.16. The van der Waals surface area contributed by atoms with E-state index in [1.165, 1.54) is 12.1 Å². The summed E-state index contributed by atoms with van der Waals surface area (Å²) in [5.74, 6) is -6.68. The van der Waals surface area contributed by atoms with E-state index in [0.29, 0.717) is 11.6 Å². The van der Waals surface area contributed by atoms with Crippen LogP contribution in [0.4, 0.5) is 39.5 Å². The molecule has 0 aliphatic carbocycles. The summed E-state index contributed by atoms with van der Waals surface area (Å²) in [4.78, 5) is 0. The molecule has 214 valence electrons. The third-order valence-corrected chi connectivity index (χ3v) is 6.11. The molecule has 0 aliphatic rings. The molecule has 0 spiro atoms. The van der Waals surface area contributed by atoms with E-state index in [1.54, 1.807) is 6.07 Å². The van der Waals surface area contributed by atoms with Crippen LogP contribution >= 0.6 is 0 Å². The summed E-state index contributed by atoms with van der Waals surface area (Å²) < 4.78 is 129. The third-order valence-electron chi connectivity index (χ3n) is 6.11. The van der Waals surface area contributed by atoms with Crippen molar-refractivity contribution in [1.29, 1.82) is 0 Å². The number of hydrogen-bond acceptors (Lipinski definition) is 1. The van der Waals surface area contributed by atoms with E-state index in [2.05, 4.69) is 11.7 Å². The van der Waals surface area contributed by atoms with Crippen molar-refractivity contribution in [3.8, 4) is 28.0 Å². The molecule has 4 aromatic carbocycles. The van der Waals surface area contributed by atoms with Gasteiger partial charge in [0.15, 0.2) is 0 Å². The first kappa shape index (κ1) is 29.8. The van der Waals surface area contributed by atoms with Crippen molar-refractivity contribution < 1.29 is 44.3 Å². The summed E-state index contributed by atoms with van der Waals surface area (Å²) in [7, 11) is 0. The molecule has 0 heterocycles. The van der Waals surface area contributed by atoms with Crippen molar-refractivity contribution in [2.24, 2.45) is 0 Å². The van der Waals surface area contributed by atoms with Crippen molar-refractivity contribution in [2.75, 3.05) is 0 Å². The van der Waals surface area contributed by atoms with Gasteiger partial charge in [-0.15, -0.1) is 0 Å². The normalized spacial score (nSPS) is 12.2. The molecule has 0 bridgehead atoms. The first-order chi connectivity index (χ1) is 19.3. The van der Waals surface area contributed by atoms with Gasteiger partial charge in [0.05, 0.1) is 0 Å². The van der Waals surface area contributed by atoms with Crippen LogP contribution in [0.15, 0.2) is 78.9 Å². The molecule has 0 aliphatic heterocycles. The standard InChI is InChI=1S/C31H21F9O/c1-2-3-18-4-6-19(7-5-18)21-9-8-20(25(32)14-21)12-13-30(36,37)41-23-10-11-24(26(33)17-23)22-15-27(34)29(28(35)16-22)31(38,39)40/h4-17H,2-3H2,1H3/b13-12+. The van der Waals surface area contributed by atoms with Crippen LogP contribution in [0.3, 0.4) is 0 Å². The highest BCUT2D eigenvalue weighted by Crippen LogP contribution is 2.37. The molecule has 0 atom stereocenters. The van der Waals surface area contributed by atoms with Gasteiger partial charge in [-0.1, -0.05) is 49.7 Å². The van der Waals surface area contributed by atoms with Crippen LogP contribution < -0.4 is 4.74 Å². The van der Waals surface area contributed by atoms with Gasteiger partial charge in [0.25, 0.3) is 0 Å². The van der Waals surface area contributed by atoms with Crippen molar-refractivity contribution in [3.05, 3.63) is 119 Å². The second kappa shape index (κ2) is 11.7. The Labute approximate surface area is 229 Å². The molecule has 0 unspecified atom stereocenters. The van der Waals surface area contributed by atoms with Gasteiger partial charge < -0.3 is 4.74 Å². The Kier molecular flexibility index (Phi) is 8.51. The Hall–Kier alpha value is -4.21. The minimum Gasteiger partial charge on any atom is -0.429 e. The highest BCUT2D eigenvalue weighted by molar-refractivity contribution is 5.67. The molecule has 0 aromatic heterocycles. The van der Waals surface area contributed by atoms with Crippen LogP contribution in [-0.4, -0.2) is 6.11 Å². The molecule has 0 N–H and O–H groups in total. The number of hydrogen-bond donors (Lipinski definition) is 0. The third kappa shape index (κ3) is 7.11. The lowest BCUT2D eigenvalue weighted by atomic mass is 10.0. The minimum atomic E-state index is -5.31. The molecular formula is C31H21F9O. The van der Waals surface area contributed by atoms with Gasteiger partial charge in [-0.2, -0.15) is 22.0 Å². The fourth-order valence-electron chi connectivity index (χ4n) is 4.17. The molecule has 41 heavy (non-hydrogen) atoms. The maximum atomic E-state index is 14.6. The van der Waals surface area contributed by atoms with Crippen molar-refractivity contribution >= 4 is 6.08 Å². The largest absolute Gasteiger partial charge is 0.429 e. The molecule has 10 heteroatoms. The first-order valence-corrected chi connectivity index (χ1v) is 12.3. The average Bonchev–Trinajstić information content (AvgIpc) is 2.87. The average molecular weight is 580 g/mol. The number of alkyl halides is 5. The summed E-state index contributed by atoms with van der Waals surface area (Å²) in [5, 5.41) is 0. The van der Waals surface area contributed by atoms with Gasteiger partial charge in [0.1, 0.15) is 34.6 Å². The first-order valence-electron chi connectivity index (χ1n) is 12.3. The summed E-state index contributed by atoms with van der Waals surface area (Å²) in [6, 6.07) is 14.3. The Morgan fingerprint density at radius 1 is 0.659 bits per heavy atom. The van der Waals surface area contributed by atoms with E-state index in [9.17, 15) is 39.5 Å². The minimum absolute atomic E-state index is 0.160. The molecule has 4 rings (SSSR count). The quantitative estimate of drug-likeness (QED) is 0.189. The molecule has 1 nitrogen and oxygen atoms in total. The summed E-state index contributed by atoms with van der Waals surface area (Å²) in [5.41, 5.74) is -0.998. The Morgan fingerprint density at radius 3 is 1.83 bits per heavy atom. The second-order valence-corrected chi connectivity index (χ2v) is 9.13. The fourth-order valence-corrected chi connectivity index (χ4v) is 4.17. The van der Waals surface area contributed by atoms with Crippen LogP contribution in [0, 0.1) is 23.3 Å². The highest BCUT2D eigenvalue weighted by atomic mass is 19.4. The molecule has 0 fully saturated rings. The number of rotatable bonds is 8. The van der Waals surface area contributed by atoms with Crippen LogP contribution in [-0.2, 0) is 12.6 Å². The van der Waals surface area contributed by atoms with E-state index < -0.39 is 58.0 Å². The lowest BCUT2D eigenvalue weighted by molar-refractivity contribution is -0.142. The monoisotopic (exact) mass is 580 g/mol. The zero-order chi connectivity index (χ0) is 29.9. The van der Waals surface area contributed by atoms with E-state index in [1.807, 2.05) is 24.3 Å².